The molecule has 6 heteroatoms. The Labute approximate surface area is 149 Å². The monoisotopic (exact) mass is 390 g/mol. The Morgan fingerprint density at radius 2 is 1.71 bits per heavy atom. The molecule has 0 spiro atoms. The van der Waals surface area contributed by atoms with Crippen LogP contribution in [-0.2, 0) is 14.4 Å². The second-order valence-corrected chi connectivity index (χ2v) is 7.17. The van der Waals surface area contributed by atoms with Gasteiger partial charge in [0.25, 0.3) is 0 Å². The summed E-state index contributed by atoms with van der Waals surface area (Å²) < 4.78 is 0.967. The van der Waals surface area contributed by atoms with E-state index in [9.17, 15) is 14.4 Å². The minimum Gasteiger partial charge on any atom is -0.348 e. The molecule has 0 unspecified atom stereocenters. The van der Waals surface area contributed by atoms with Crippen LogP contribution < -0.4 is 5.32 Å². The van der Waals surface area contributed by atoms with Crippen molar-refractivity contribution in [1.82, 2.24) is 10.2 Å². The van der Waals surface area contributed by atoms with E-state index in [-0.39, 0.29) is 42.1 Å². The first-order valence-electron chi connectivity index (χ1n) is 8.02. The summed E-state index contributed by atoms with van der Waals surface area (Å²) in [6.07, 6.45) is 5.04. The van der Waals surface area contributed by atoms with Crippen molar-refractivity contribution in [3.63, 3.8) is 0 Å². The standard InChI is InChI=1S/C18H19BrN2O3/c1-11(12-6-8-13(19)9-7-12)20-16(22)10-21-17(23)14-4-2-3-5-15(14)18(21)24/h2-3,6-9,11,14-15H,4-5,10H2,1H3,(H,20,22)/t11-,14-,15-/m0/s1. The lowest BCUT2D eigenvalue weighted by molar-refractivity contribution is -0.143. The molecule has 126 valence electrons. The SMILES string of the molecule is C[C@H](NC(=O)CN1C(=O)[C@H]2CC=CC[C@@H]2C1=O)c1ccc(Br)cc1. The number of likely N-dealkylation sites (tertiary alicyclic amines) is 1. The van der Waals surface area contributed by atoms with Crippen LogP contribution in [0, 0.1) is 11.8 Å². The quantitative estimate of drug-likeness (QED) is 0.634. The average molecular weight is 391 g/mol. The molecule has 24 heavy (non-hydrogen) atoms. The highest BCUT2D eigenvalue weighted by atomic mass is 79.9. The molecule has 1 aliphatic heterocycles. The van der Waals surface area contributed by atoms with Crippen LogP contribution in [0.5, 0.6) is 0 Å². The van der Waals surface area contributed by atoms with Crippen LogP contribution in [0.25, 0.3) is 0 Å². The molecule has 3 rings (SSSR count). The van der Waals surface area contributed by atoms with Gasteiger partial charge >= 0.3 is 0 Å². The maximum Gasteiger partial charge on any atom is 0.240 e. The van der Waals surface area contributed by atoms with Crippen molar-refractivity contribution in [3.8, 4) is 0 Å². The lowest BCUT2D eigenvalue weighted by Gasteiger charge is -2.18. The number of benzene rings is 1. The summed E-state index contributed by atoms with van der Waals surface area (Å²) in [4.78, 5) is 38.1. The number of carbonyl (C=O) groups is 3. The van der Waals surface area contributed by atoms with E-state index in [1.54, 1.807) is 0 Å². The van der Waals surface area contributed by atoms with Gasteiger partial charge in [0.2, 0.25) is 17.7 Å². The maximum atomic E-state index is 12.4. The van der Waals surface area contributed by atoms with E-state index in [1.807, 2.05) is 43.3 Å². The number of rotatable bonds is 4. The number of allylic oxidation sites excluding steroid dienone is 2. The van der Waals surface area contributed by atoms with E-state index in [4.69, 9.17) is 0 Å². The minimum atomic E-state index is -0.321. The second kappa shape index (κ2) is 6.89. The van der Waals surface area contributed by atoms with Crippen molar-refractivity contribution in [1.29, 1.82) is 0 Å². The Balaban J connectivity index is 1.61. The van der Waals surface area contributed by atoms with Crippen molar-refractivity contribution >= 4 is 33.7 Å². The van der Waals surface area contributed by atoms with Gasteiger partial charge in [-0.3, -0.25) is 19.3 Å². The number of nitrogens with zero attached hydrogens (tertiary/aromatic N) is 1. The highest BCUT2D eigenvalue weighted by molar-refractivity contribution is 9.10. The summed E-state index contributed by atoms with van der Waals surface area (Å²) in [5.41, 5.74) is 0.962. The molecule has 1 aromatic rings. The molecule has 0 bridgehead atoms. The maximum absolute atomic E-state index is 12.4. The molecule has 0 aromatic heterocycles. The van der Waals surface area contributed by atoms with E-state index >= 15 is 0 Å². The highest BCUT2D eigenvalue weighted by Crippen LogP contribution is 2.34. The van der Waals surface area contributed by atoms with E-state index in [1.165, 1.54) is 0 Å². The fourth-order valence-corrected chi connectivity index (χ4v) is 3.55. The molecule has 1 aromatic carbocycles. The van der Waals surface area contributed by atoms with Crippen molar-refractivity contribution < 1.29 is 14.4 Å². The van der Waals surface area contributed by atoms with Gasteiger partial charge in [-0.25, -0.2) is 0 Å². The van der Waals surface area contributed by atoms with Crippen molar-refractivity contribution in [2.75, 3.05) is 6.54 Å². The van der Waals surface area contributed by atoms with Gasteiger partial charge in [0.1, 0.15) is 6.54 Å². The van der Waals surface area contributed by atoms with Crippen molar-refractivity contribution in [3.05, 3.63) is 46.5 Å². The largest absolute Gasteiger partial charge is 0.348 e. The number of nitrogens with one attached hydrogen (secondary N) is 1. The molecule has 3 atom stereocenters. The number of hydrogen-bond acceptors (Lipinski definition) is 3. The Kier molecular flexibility index (Phi) is 4.85. The summed E-state index contributed by atoms with van der Waals surface area (Å²) in [5, 5.41) is 2.85. The fraction of sp³-hybridized carbons (Fsp3) is 0.389. The number of carbonyl (C=O) groups excluding carboxylic acids is 3. The molecule has 1 heterocycles. The molecule has 1 saturated heterocycles. The zero-order chi connectivity index (χ0) is 17.3. The molecule has 3 amide bonds. The van der Waals surface area contributed by atoms with E-state index in [0.717, 1.165) is 14.9 Å². The van der Waals surface area contributed by atoms with Crippen molar-refractivity contribution in [2.24, 2.45) is 11.8 Å². The molecule has 2 aliphatic rings. The van der Waals surface area contributed by atoms with Crippen LogP contribution in [0.1, 0.15) is 31.4 Å². The molecule has 5 nitrogen and oxygen atoms in total. The Hall–Kier alpha value is -1.95. The molecule has 0 saturated carbocycles. The Morgan fingerprint density at radius 3 is 2.25 bits per heavy atom. The van der Waals surface area contributed by atoms with Gasteiger partial charge in [0, 0.05) is 4.47 Å². The van der Waals surface area contributed by atoms with Gasteiger partial charge in [0.15, 0.2) is 0 Å². The van der Waals surface area contributed by atoms with Gasteiger partial charge in [0.05, 0.1) is 17.9 Å². The van der Waals surface area contributed by atoms with Gasteiger partial charge in [-0.2, -0.15) is 0 Å². The third kappa shape index (κ3) is 3.29. The van der Waals surface area contributed by atoms with Gasteiger partial charge < -0.3 is 5.32 Å². The summed E-state index contributed by atoms with van der Waals surface area (Å²) in [7, 11) is 0. The molecular weight excluding hydrogens is 372 g/mol. The summed E-state index contributed by atoms with van der Waals surface area (Å²) in [6, 6.07) is 7.46. The summed E-state index contributed by atoms with van der Waals surface area (Å²) in [5.74, 6) is -1.35. The number of hydrogen-bond donors (Lipinski definition) is 1. The van der Waals surface area contributed by atoms with E-state index in [0.29, 0.717) is 12.8 Å². The summed E-state index contributed by atoms with van der Waals surface area (Å²) >= 11 is 3.37. The smallest absolute Gasteiger partial charge is 0.240 e. The Morgan fingerprint density at radius 1 is 1.17 bits per heavy atom. The Bertz CT molecular complexity index is 673. The van der Waals surface area contributed by atoms with Crippen LogP contribution >= 0.6 is 15.9 Å². The van der Waals surface area contributed by atoms with Crippen LogP contribution in [-0.4, -0.2) is 29.2 Å². The van der Waals surface area contributed by atoms with Crippen LogP contribution in [0.3, 0.4) is 0 Å². The molecule has 1 N–H and O–H groups in total. The van der Waals surface area contributed by atoms with Gasteiger partial charge in [-0.1, -0.05) is 40.2 Å². The van der Waals surface area contributed by atoms with Crippen LogP contribution in [0.4, 0.5) is 0 Å². The normalized spacial score (nSPS) is 24.0. The molecule has 1 fully saturated rings. The molecule has 1 aliphatic carbocycles. The highest BCUT2D eigenvalue weighted by Gasteiger charge is 2.47. The zero-order valence-corrected chi connectivity index (χ0v) is 15.0. The van der Waals surface area contributed by atoms with Crippen LogP contribution in [0.15, 0.2) is 40.9 Å². The first-order chi connectivity index (χ1) is 11.5. The third-order valence-corrected chi connectivity index (χ3v) is 5.18. The van der Waals surface area contributed by atoms with Crippen molar-refractivity contribution in [2.45, 2.75) is 25.8 Å². The lowest BCUT2D eigenvalue weighted by atomic mass is 9.85. The third-order valence-electron chi connectivity index (χ3n) is 4.65. The first-order valence-corrected chi connectivity index (χ1v) is 8.81. The number of imide groups is 1. The summed E-state index contributed by atoms with van der Waals surface area (Å²) in [6.45, 7) is 1.67. The molecule has 0 radical (unpaired) electrons. The zero-order valence-electron chi connectivity index (χ0n) is 13.4. The molecular formula is C18H19BrN2O3. The number of halogens is 1. The van der Waals surface area contributed by atoms with Gasteiger partial charge in [-0.05, 0) is 37.5 Å². The fourth-order valence-electron chi connectivity index (χ4n) is 3.29. The van der Waals surface area contributed by atoms with E-state index in [2.05, 4.69) is 21.2 Å². The lowest BCUT2D eigenvalue weighted by Crippen LogP contribution is -2.41. The van der Waals surface area contributed by atoms with E-state index < -0.39 is 0 Å². The number of fused-ring (bicyclic) bond motifs is 1. The van der Waals surface area contributed by atoms with Gasteiger partial charge in [-0.15, -0.1) is 0 Å². The van der Waals surface area contributed by atoms with Crippen LogP contribution in [0.2, 0.25) is 0 Å². The number of amides is 3. The predicted molar refractivity (Wildman–Crippen MR) is 92.8 cm³/mol. The predicted octanol–water partition coefficient (Wildman–Crippen LogP) is 2.58. The average Bonchev–Trinajstić information content (AvgIpc) is 2.81. The minimum absolute atomic E-state index is 0.192. The first kappa shape index (κ1) is 16.9. The topological polar surface area (TPSA) is 66.5 Å². The second-order valence-electron chi connectivity index (χ2n) is 6.26.